The molecule has 2 heterocycles. The van der Waals surface area contributed by atoms with Gasteiger partial charge in [-0.25, -0.2) is 4.98 Å². The van der Waals surface area contributed by atoms with E-state index in [1.807, 2.05) is 0 Å². The van der Waals surface area contributed by atoms with Crippen molar-refractivity contribution in [3.8, 4) is 6.07 Å². The van der Waals surface area contributed by atoms with Gasteiger partial charge in [0.25, 0.3) is 0 Å². The van der Waals surface area contributed by atoms with E-state index < -0.39 is 0 Å². The molecule has 0 saturated carbocycles. The Labute approximate surface area is 119 Å². The van der Waals surface area contributed by atoms with Crippen LogP contribution in [0.4, 0.5) is 0 Å². The van der Waals surface area contributed by atoms with Crippen LogP contribution < -0.4 is 0 Å². The molecule has 1 saturated heterocycles. The van der Waals surface area contributed by atoms with E-state index in [9.17, 15) is 0 Å². The van der Waals surface area contributed by atoms with Gasteiger partial charge in [-0.1, -0.05) is 13.3 Å². The van der Waals surface area contributed by atoms with Crippen LogP contribution in [0.2, 0.25) is 0 Å². The molecule has 0 aromatic carbocycles. The van der Waals surface area contributed by atoms with Gasteiger partial charge in [-0.05, 0) is 6.42 Å². The Morgan fingerprint density at radius 1 is 1.37 bits per heavy atom. The molecule has 1 aliphatic heterocycles. The molecule has 1 fully saturated rings. The number of rotatable bonds is 6. The average molecular weight is 279 g/mol. The van der Waals surface area contributed by atoms with Gasteiger partial charge >= 0.3 is 0 Å². The molecule has 0 unspecified atom stereocenters. The zero-order valence-electron chi connectivity index (χ0n) is 11.5. The second kappa shape index (κ2) is 7.59. The number of hydrogen-bond acceptors (Lipinski definition) is 5. The van der Waals surface area contributed by atoms with Gasteiger partial charge in [-0.3, -0.25) is 4.90 Å². The van der Waals surface area contributed by atoms with Gasteiger partial charge in [0.05, 0.1) is 36.4 Å². The molecule has 0 spiro atoms. The molecule has 1 aromatic rings. The SMILES string of the molecule is CCCc1nc(CCN2CCOCC2)sc1CC#N. The molecule has 0 N–H and O–H groups in total. The third-order valence-corrected chi connectivity index (χ3v) is 4.45. The van der Waals surface area contributed by atoms with E-state index in [-0.39, 0.29) is 0 Å². The molecule has 2 rings (SSSR count). The van der Waals surface area contributed by atoms with Gasteiger partial charge in [0.15, 0.2) is 0 Å². The summed E-state index contributed by atoms with van der Waals surface area (Å²) in [5.74, 6) is 0. The minimum Gasteiger partial charge on any atom is -0.379 e. The Kier molecular flexibility index (Phi) is 5.77. The van der Waals surface area contributed by atoms with Gasteiger partial charge in [0, 0.05) is 30.9 Å². The first-order chi connectivity index (χ1) is 9.33. The summed E-state index contributed by atoms with van der Waals surface area (Å²) in [7, 11) is 0. The highest BCUT2D eigenvalue weighted by atomic mass is 32.1. The lowest BCUT2D eigenvalue weighted by molar-refractivity contribution is 0.0384. The normalized spacial score (nSPS) is 16.4. The van der Waals surface area contributed by atoms with Crippen LogP contribution in [0.3, 0.4) is 0 Å². The fraction of sp³-hybridized carbons (Fsp3) is 0.714. The van der Waals surface area contributed by atoms with Crippen LogP contribution in [0.1, 0.15) is 28.9 Å². The lowest BCUT2D eigenvalue weighted by Crippen LogP contribution is -2.37. The predicted molar refractivity (Wildman–Crippen MR) is 76.4 cm³/mol. The number of hydrogen-bond donors (Lipinski definition) is 0. The van der Waals surface area contributed by atoms with Crippen LogP contribution in [0.5, 0.6) is 0 Å². The summed E-state index contributed by atoms with van der Waals surface area (Å²) in [4.78, 5) is 8.31. The zero-order chi connectivity index (χ0) is 13.5. The number of nitrogens with zero attached hydrogens (tertiary/aromatic N) is 3. The van der Waals surface area contributed by atoms with Gasteiger partial charge in [0.2, 0.25) is 0 Å². The summed E-state index contributed by atoms with van der Waals surface area (Å²) in [6.45, 7) is 6.95. The topological polar surface area (TPSA) is 49.2 Å². The molecular weight excluding hydrogens is 258 g/mol. The maximum atomic E-state index is 8.86. The molecule has 0 atom stereocenters. The fourth-order valence-corrected chi connectivity index (χ4v) is 3.30. The van der Waals surface area contributed by atoms with Crippen LogP contribution >= 0.6 is 11.3 Å². The summed E-state index contributed by atoms with van der Waals surface area (Å²) < 4.78 is 5.35. The lowest BCUT2D eigenvalue weighted by Gasteiger charge is -2.25. The molecular formula is C14H21N3OS. The van der Waals surface area contributed by atoms with Crippen LogP contribution in [0, 0.1) is 11.3 Å². The van der Waals surface area contributed by atoms with Crippen molar-refractivity contribution in [2.75, 3.05) is 32.8 Å². The van der Waals surface area contributed by atoms with Crippen molar-refractivity contribution in [2.24, 2.45) is 0 Å². The second-order valence-electron chi connectivity index (χ2n) is 4.77. The average Bonchev–Trinajstić information content (AvgIpc) is 2.81. The Morgan fingerprint density at radius 3 is 2.84 bits per heavy atom. The molecule has 0 radical (unpaired) electrons. The number of ether oxygens (including phenoxy) is 1. The first-order valence-corrected chi connectivity index (χ1v) is 7.79. The van der Waals surface area contributed by atoms with Crippen molar-refractivity contribution >= 4 is 11.3 Å². The Morgan fingerprint density at radius 2 is 2.16 bits per heavy atom. The number of nitriles is 1. The van der Waals surface area contributed by atoms with Crippen LogP contribution in [0.25, 0.3) is 0 Å². The van der Waals surface area contributed by atoms with Crippen molar-refractivity contribution in [2.45, 2.75) is 32.6 Å². The Balaban J connectivity index is 1.92. The third kappa shape index (κ3) is 4.27. The Hall–Kier alpha value is -0.960. The molecule has 19 heavy (non-hydrogen) atoms. The molecule has 0 aliphatic carbocycles. The first kappa shape index (κ1) is 14.4. The van der Waals surface area contributed by atoms with E-state index in [0.29, 0.717) is 6.42 Å². The maximum Gasteiger partial charge on any atom is 0.0944 e. The van der Waals surface area contributed by atoms with Crippen molar-refractivity contribution in [1.82, 2.24) is 9.88 Å². The molecule has 0 bridgehead atoms. The maximum absolute atomic E-state index is 8.86. The predicted octanol–water partition coefficient (Wildman–Crippen LogP) is 2.04. The largest absolute Gasteiger partial charge is 0.379 e. The minimum atomic E-state index is 0.505. The Bertz CT molecular complexity index is 432. The van der Waals surface area contributed by atoms with Gasteiger partial charge < -0.3 is 4.74 Å². The van der Waals surface area contributed by atoms with Crippen LogP contribution in [-0.4, -0.2) is 42.7 Å². The molecule has 4 nitrogen and oxygen atoms in total. The molecule has 1 aromatic heterocycles. The van der Waals surface area contributed by atoms with E-state index in [1.54, 1.807) is 11.3 Å². The van der Waals surface area contributed by atoms with E-state index in [4.69, 9.17) is 15.0 Å². The second-order valence-corrected chi connectivity index (χ2v) is 5.93. The van der Waals surface area contributed by atoms with Crippen LogP contribution in [0.15, 0.2) is 0 Å². The number of aromatic nitrogens is 1. The standard InChI is InChI=1S/C14H21N3OS/c1-2-3-12-13(4-6-15)19-14(16-12)5-7-17-8-10-18-11-9-17/h2-5,7-11H2,1H3. The van der Waals surface area contributed by atoms with Crippen molar-refractivity contribution in [3.63, 3.8) is 0 Å². The van der Waals surface area contributed by atoms with Gasteiger partial charge in [-0.15, -0.1) is 11.3 Å². The molecule has 0 amide bonds. The quantitative estimate of drug-likeness (QED) is 0.799. The third-order valence-electron chi connectivity index (χ3n) is 3.29. The van der Waals surface area contributed by atoms with Gasteiger partial charge in [-0.2, -0.15) is 5.26 Å². The van der Waals surface area contributed by atoms with E-state index >= 15 is 0 Å². The summed E-state index contributed by atoms with van der Waals surface area (Å²) in [5, 5.41) is 10.0. The number of aryl methyl sites for hydroxylation is 1. The molecule has 1 aliphatic rings. The van der Waals surface area contributed by atoms with Crippen LogP contribution in [-0.2, 0) is 24.0 Å². The summed E-state index contributed by atoms with van der Waals surface area (Å²) in [6, 6.07) is 2.25. The monoisotopic (exact) mass is 279 g/mol. The van der Waals surface area contributed by atoms with Gasteiger partial charge in [0.1, 0.15) is 0 Å². The smallest absolute Gasteiger partial charge is 0.0944 e. The van der Waals surface area contributed by atoms with Crippen molar-refractivity contribution in [3.05, 3.63) is 15.6 Å². The van der Waals surface area contributed by atoms with Crippen molar-refractivity contribution in [1.29, 1.82) is 5.26 Å². The fourth-order valence-electron chi connectivity index (χ4n) is 2.26. The van der Waals surface area contributed by atoms with E-state index in [1.165, 1.54) is 9.88 Å². The highest BCUT2D eigenvalue weighted by molar-refractivity contribution is 7.11. The highest BCUT2D eigenvalue weighted by Gasteiger charge is 2.13. The zero-order valence-corrected chi connectivity index (χ0v) is 12.3. The van der Waals surface area contributed by atoms with E-state index in [0.717, 1.165) is 57.8 Å². The number of thiazole rings is 1. The summed E-state index contributed by atoms with van der Waals surface area (Å²) in [5.41, 5.74) is 1.14. The lowest BCUT2D eigenvalue weighted by atomic mass is 10.2. The first-order valence-electron chi connectivity index (χ1n) is 6.98. The van der Waals surface area contributed by atoms with E-state index in [2.05, 4.69) is 17.9 Å². The minimum absolute atomic E-state index is 0.505. The summed E-state index contributed by atoms with van der Waals surface area (Å²) >= 11 is 1.72. The van der Waals surface area contributed by atoms with Crippen molar-refractivity contribution < 1.29 is 4.74 Å². The number of morpholine rings is 1. The molecule has 5 heteroatoms. The highest BCUT2D eigenvalue weighted by Crippen LogP contribution is 2.21. The summed E-state index contributed by atoms with van der Waals surface area (Å²) in [6.07, 6.45) is 3.58. The molecule has 104 valence electrons.